The molecule has 0 aromatic carbocycles. The minimum atomic E-state index is -0.111. The molecule has 0 atom stereocenters. The molecule has 0 spiro atoms. The van der Waals surface area contributed by atoms with Crippen molar-refractivity contribution >= 4 is 5.97 Å². The number of esters is 1. The molecule has 0 aromatic rings. The van der Waals surface area contributed by atoms with Gasteiger partial charge in [0.05, 0.1) is 6.61 Å². The fourth-order valence-corrected chi connectivity index (χ4v) is 0.763. The molecule has 0 N–H and O–H groups in total. The molecule has 0 aliphatic rings. The summed E-state index contributed by atoms with van der Waals surface area (Å²) in [5, 5.41) is 0. The summed E-state index contributed by atoms with van der Waals surface area (Å²) < 4.78 is 9.74. The van der Waals surface area contributed by atoms with Crippen LogP contribution in [0.2, 0.25) is 0 Å². The molecule has 0 aromatic heterocycles. The molecule has 0 fully saturated rings. The molecule has 0 saturated carbocycles. The molecule has 72 valence electrons. The Kier molecular flexibility index (Phi) is 8.12. The number of carbonyl (C=O) groups excluding carboxylic acids is 1. The summed E-state index contributed by atoms with van der Waals surface area (Å²) >= 11 is 0. The van der Waals surface area contributed by atoms with E-state index in [1.54, 1.807) is 7.11 Å². The van der Waals surface area contributed by atoms with Crippen molar-refractivity contribution in [3.05, 3.63) is 0 Å². The van der Waals surface area contributed by atoms with E-state index in [0.29, 0.717) is 19.6 Å². The van der Waals surface area contributed by atoms with E-state index in [1.807, 2.05) is 0 Å². The third kappa shape index (κ3) is 7.54. The fourth-order valence-electron chi connectivity index (χ4n) is 0.763. The Hall–Kier alpha value is -0.570. The van der Waals surface area contributed by atoms with Gasteiger partial charge in [0.25, 0.3) is 0 Å². The third-order valence-corrected chi connectivity index (χ3v) is 1.49. The lowest BCUT2D eigenvalue weighted by molar-refractivity contribution is -0.144. The Labute approximate surface area is 74.0 Å². The van der Waals surface area contributed by atoms with Gasteiger partial charge in [0.1, 0.15) is 0 Å². The zero-order chi connectivity index (χ0) is 9.23. The van der Waals surface area contributed by atoms with E-state index in [0.717, 1.165) is 19.3 Å². The van der Waals surface area contributed by atoms with Gasteiger partial charge in [-0.25, -0.2) is 0 Å². The van der Waals surface area contributed by atoms with Crippen molar-refractivity contribution in [3.8, 4) is 0 Å². The molecule has 0 rings (SSSR count). The lowest BCUT2D eigenvalue weighted by Gasteiger charge is -2.02. The van der Waals surface area contributed by atoms with Crippen molar-refractivity contribution in [2.45, 2.75) is 32.6 Å². The molecule has 0 radical (unpaired) electrons. The molecule has 0 unspecified atom stereocenters. The quantitative estimate of drug-likeness (QED) is 0.436. The van der Waals surface area contributed by atoms with Gasteiger partial charge in [0.2, 0.25) is 0 Å². The SMILES string of the molecule is CCCCOC(=O)CCCOC. The van der Waals surface area contributed by atoms with Crippen molar-refractivity contribution in [3.63, 3.8) is 0 Å². The maximum Gasteiger partial charge on any atom is 0.305 e. The van der Waals surface area contributed by atoms with Crippen LogP contribution >= 0.6 is 0 Å². The fraction of sp³-hybridized carbons (Fsp3) is 0.889. The molecule has 0 bridgehead atoms. The number of methoxy groups -OCH3 is 1. The summed E-state index contributed by atoms with van der Waals surface area (Å²) in [5.74, 6) is -0.111. The molecule has 0 aliphatic carbocycles. The first kappa shape index (κ1) is 11.4. The minimum Gasteiger partial charge on any atom is -0.466 e. The van der Waals surface area contributed by atoms with E-state index >= 15 is 0 Å². The van der Waals surface area contributed by atoms with Crippen LogP contribution in [0.15, 0.2) is 0 Å². The summed E-state index contributed by atoms with van der Waals surface area (Å²) in [7, 11) is 1.63. The summed E-state index contributed by atoms with van der Waals surface area (Å²) in [6.45, 7) is 3.25. The highest BCUT2D eigenvalue weighted by Gasteiger charge is 2.00. The molecule has 3 nitrogen and oxygen atoms in total. The monoisotopic (exact) mass is 174 g/mol. The minimum absolute atomic E-state index is 0.111. The highest BCUT2D eigenvalue weighted by Crippen LogP contribution is 1.95. The smallest absolute Gasteiger partial charge is 0.305 e. The second-order valence-electron chi connectivity index (χ2n) is 2.67. The van der Waals surface area contributed by atoms with E-state index in [1.165, 1.54) is 0 Å². The van der Waals surface area contributed by atoms with Crippen LogP contribution in [0, 0.1) is 0 Å². The van der Waals surface area contributed by atoms with Gasteiger partial charge in [-0.15, -0.1) is 0 Å². The van der Waals surface area contributed by atoms with E-state index < -0.39 is 0 Å². The number of rotatable bonds is 7. The number of hydrogen-bond donors (Lipinski definition) is 0. The van der Waals surface area contributed by atoms with Gasteiger partial charge in [-0.1, -0.05) is 13.3 Å². The lowest BCUT2D eigenvalue weighted by atomic mass is 10.3. The molecule has 0 saturated heterocycles. The Bertz CT molecular complexity index is 100. The number of hydrogen-bond acceptors (Lipinski definition) is 3. The zero-order valence-electron chi connectivity index (χ0n) is 7.97. The van der Waals surface area contributed by atoms with Crippen LogP contribution in [0.5, 0.6) is 0 Å². The van der Waals surface area contributed by atoms with Crippen LogP contribution < -0.4 is 0 Å². The Morgan fingerprint density at radius 1 is 1.25 bits per heavy atom. The van der Waals surface area contributed by atoms with Gasteiger partial charge in [-0.05, 0) is 12.8 Å². The molecular weight excluding hydrogens is 156 g/mol. The van der Waals surface area contributed by atoms with Gasteiger partial charge in [0.15, 0.2) is 0 Å². The first-order valence-corrected chi connectivity index (χ1v) is 4.45. The van der Waals surface area contributed by atoms with Crippen molar-refractivity contribution < 1.29 is 14.3 Å². The molecule has 0 aliphatic heterocycles. The van der Waals surface area contributed by atoms with E-state index in [2.05, 4.69) is 6.92 Å². The highest BCUT2D eigenvalue weighted by molar-refractivity contribution is 5.69. The van der Waals surface area contributed by atoms with Crippen molar-refractivity contribution in [1.29, 1.82) is 0 Å². The molecule has 3 heteroatoms. The summed E-state index contributed by atoms with van der Waals surface area (Å²) in [5.41, 5.74) is 0. The van der Waals surface area contributed by atoms with E-state index in [4.69, 9.17) is 9.47 Å². The Morgan fingerprint density at radius 2 is 2.00 bits per heavy atom. The summed E-state index contributed by atoms with van der Waals surface area (Å²) in [6, 6.07) is 0. The average molecular weight is 174 g/mol. The molecular formula is C9H18O3. The van der Waals surface area contributed by atoms with Crippen LogP contribution in [0.3, 0.4) is 0 Å². The van der Waals surface area contributed by atoms with Crippen LogP contribution in [0.25, 0.3) is 0 Å². The van der Waals surface area contributed by atoms with Crippen molar-refractivity contribution in [1.82, 2.24) is 0 Å². The molecule has 12 heavy (non-hydrogen) atoms. The lowest BCUT2D eigenvalue weighted by Crippen LogP contribution is -2.06. The first-order chi connectivity index (χ1) is 5.81. The largest absolute Gasteiger partial charge is 0.466 e. The highest BCUT2D eigenvalue weighted by atomic mass is 16.5. The topological polar surface area (TPSA) is 35.5 Å². The van der Waals surface area contributed by atoms with Gasteiger partial charge in [-0.3, -0.25) is 4.79 Å². The maximum absolute atomic E-state index is 10.9. The summed E-state index contributed by atoms with van der Waals surface area (Å²) in [4.78, 5) is 10.9. The van der Waals surface area contributed by atoms with Gasteiger partial charge in [0, 0.05) is 20.1 Å². The molecule has 0 amide bonds. The number of carbonyl (C=O) groups is 1. The Morgan fingerprint density at radius 3 is 2.58 bits per heavy atom. The van der Waals surface area contributed by atoms with Crippen LogP contribution in [-0.2, 0) is 14.3 Å². The summed E-state index contributed by atoms with van der Waals surface area (Å²) in [6.07, 6.45) is 3.24. The predicted molar refractivity (Wildman–Crippen MR) is 47.0 cm³/mol. The maximum atomic E-state index is 10.9. The average Bonchev–Trinajstić information content (AvgIpc) is 2.06. The normalized spacial score (nSPS) is 9.83. The third-order valence-electron chi connectivity index (χ3n) is 1.49. The van der Waals surface area contributed by atoms with Gasteiger partial charge in [-0.2, -0.15) is 0 Å². The van der Waals surface area contributed by atoms with Crippen LogP contribution in [-0.4, -0.2) is 26.3 Å². The number of unbranched alkanes of at least 4 members (excludes halogenated alkanes) is 1. The zero-order valence-corrected chi connectivity index (χ0v) is 7.97. The van der Waals surface area contributed by atoms with Crippen molar-refractivity contribution in [2.75, 3.05) is 20.3 Å². The van der Waals surface area contributed by atoms with Crippen molar-refractivity contribution in [2.24, 2.45) is 0 Å². The van der Waals surface area contributed by atoms with Gasteiger partial charge >= 0.3 is 5.97 Å². The standard InChI is InChI=1S/C9H18O3/c1-3-4-8-12-9(10)6-5-7-11-2/h3-8H2,1-2H3. The van der Waals surface area contributed by atoms with Gasteiger partial charge < -0.3 is 9.47 Å². The first-order valence-electron chi connectivity index (χ1n) is 4.45. The second-order valence-corrected chi connectivity index (χ2v) is 2.67. The Balaban J connectivity index is 3.10. The number of ether oxygens (including phenoxy) is 2. The van der Waals surface area contributed by atoms with Crippen LogP contribution in [0.4, 0.5) is 0 Å². The van der Waals surface area contributed by atoms with E-state index in [9.17, 15) is 4.79 Å². The second kappa shape index (κ2) is 8.53. The predicted octanol–water partition coefficient (Wildman–Crippen LogP) is 1.76. The van der Waals surface area contributed by atoms with Crippen LogP contribution in [0.1, 0.15) is 32.6 Å². The van der Waals surface area contributed by atoms with E-state index in [-0.39, 0.29) is 5.97 Å². The molecule has 0 heterocycles.